The molecule has 0 bridgehead atoms. The van der Waals surface area contributed by atoms with Crippen LogP contribution in [0.3, 0.4) is 0 Å². The number of hydrogen-bond donors (Lipinski definition) is 1. The molecule has 5 nitrogen and oxygen atoms in total. The summed E-state index contributed by atoms with van der Waals surface area (Å²) in [5.74, 6) is -0.161. The minimum atomic E-state index is -0.185. The smallest absolute Gasteiger partial charge is 0.261 e. The third kappa shape index (κ3) is 3.02. The monoisotopic (exact) mass is 283 g/mol. The average molecular weight is 283 g/mol. The van der Waals surface area contributed by atoms with Gasteiger partial charge in [-0.25, -0.2) is 4.98 Å². The quantitative estimate of drug-likeness (QED) is 0.871. The fourth-order valence-electron chi connectivity index (χ4n) is 2.56. The fraction of sp³-hybridized carbons (Fsp3) is 0.312. The average Bonchev–Trinajstić information content (AvgIpc) is 2.51. The molecule has 1 unspecified atom stereocenters. The maximum Gasteiger partial charge on any atom is 0.261 e. The summed E-state index contributed by atoms with van der Waals surface area (Å²) in [5.41, 5.74) is 0.462. The zero-order valence-electron chi connectivity index (χ0n) is 11.7. The second-order valence-electron chi connectivity index (χ2n) is 5.23. The number of para-hydroxylation sites is 1. The maximum absolute atomic E-state index is 12.3. The summed E-state index contributed by atoms with van der Waals surface area (Å²) in [7, 11) is 0. The van der Waals surface area contributed by atoms with Crippen LogP contribution >= 0.6 is 0 Å². The van der Waals surface area contributed by atoms with Crippen molar-refractivity contribution in [2.24, 2.45) is 0 Å². The Morgan fingerprint density at radius 3 is 3.05 bits per heavy atom. The van der Waals surface area contributed by atoms with E-state index in [0.717, 1.165) is 19.3 Å². The molecule has 0 aliphatic heterocycles. The molecule has 0 spiro atoms. The van der Waals surface area contributed by atoms with Gasteiger partial charge in [0.25, 0.3) is 5.56 Å². The van der Waals surface area contributed by atoms with Crippen LogP contribution in [0.15, 0.2) is 47.5 Å². The van der Waals surface area contributed by atoms with Crippen molar-refractivity contribution in [2.75, 3.05) is 0 Å². The van der Waals surface area contributed by atoms with Gasteiger partial charge in [-0.05, 0) is 31.4 Å². The number of rotatable bonds is 3. The van der Waals surface area contributed by atoms with E-state index < -0.39 is 0 Å². The summed E-state index contributed by atoms with van der Waals surface area (Å²) in [6.07, 6.45) is 8.63. The third-order valence-corrected chi connectivity index (χ3v) is 3.65. The van der Waals surface area contributed by atoms with Crippen molar-refractivity contribution in [2.45, 2.75) is 31.8 Å². The van der Waals surface area contributed by atoms with Crippen LogP contribution in [0.2, 0.25) is 0 Å². The highest BCUT2D eigenvalue weighted by Gasteiger charge is 2.13. The topological polar surface area (TPSA) is 64.0 Å². The molecule has 5 heteroatoms. The lowest BCUT2D eigenvalue weighted by atomic mass is 10.0. The summed E-state index contributed by atoms with van der Waals surface area (Å²) >= 11 is 0. The minimum absolute atomic E-state index is 0.001000. The number of benzene rings is 1. The number of aromatic nitrogens is 2. The van der Waals surface area contributed by atoms with E-state index in [9.17, 15) is 9.59 Å². The number of carbonyl (C=O) groups excluding carboxylic acids is 1. The van der Waals surface area contributed by atoms with E-state index in [1.54, 1.807) is 18.2 Å². The van der Waals surface area contributed by atoms with Crippen LogP contribution in [0.25, 0.3) is 10.9 Å². The van der Waals surface area contributed by atoms with Crippen molar-refractivity contribution in [3.05, 3.63) is 53.1 Å². The molecule has 0 radical (unpaired) electrons. The van der Waals surface area contributed by atoms with Crippen LogP contribution in [0.4, 0.5) is 0 Å². The van der Waals surface area contributed by atoms with Crippen molar-refractivity contribution < 1.29 is 4.79 Å². The predicted molar refractivity (Wildman–Crippen MR) is 80.9 cm³/mol. The van der Waals surface area contributed by atoms with E-state index in [4.69, 9.17) is 0 Å². The van der Waals surface area contributed by atoms with Gasteiger partial charge in [-0.1, -0.05) is 24.3 Å². The zero-order valence-corrected chi connectivity index (χ0v) is 11.7. The highest BCUT2D eigenvalue weighted by atomic mass is 16.2. The zero-order chi connectivity index (χ0) is 14.7. The van der Waals surface area contributed by atoms with E-state index in [0.29, 0.717) is 10.9 Å². The largest absolute Gasteiger partial charge is 0.348 e. The fourth-order valence-corrected chi connectivity index (χ4v) is 2.56. The first kappa shape index (κ1) is 13.5. The number of amides is 1. The lowest BCUT2D eigenvalue weighted by Gasteiger charge is -2.18. The number of nitrogens with zero attached hydrogens (tertiary/aromatic N) is 2. The molecule has 2 aromatic rings. The van der Waals surface area contributed by atoms with Gasteiger partial charge in [-0.3, -0.25) is 14.2 Å². The van der Waals surface area contributed by atoms with Crippen molar-refractivity contribution in [1.29, 1.82) is 0 Å². The molecule has 1 N–H and O–H groups in total. The Labute approximate surface area is 122 Å². The molecule has 1 aliphatic rings. The highest BCUT2D eigenvalue weighted by Crippen LogP contribution is 2.10. The Balaban J connectivity index is 1.77. The third-order valence-electron chi connectivity index (χ3n) is 3.65. The van der Waals surface area contributed by atoms with Crippen molar-refractivity contribution in [3.63, 3.8) is 0 Å². The van der Waals surface area contributed by atoms with E-state index in [1.165, 1.54) is 10.9 Å². The van der Waals surface area contributed by atoms with Crippen molar-refractivity contribution >= 4 is 16.8 Å². The maximum atomic E-state index is 12.3. The molecule has 21 heavy (non-hydrogen) atoms. The van der Waals surface area contributed by atoms with E-state index in [2.05, 4.69) is 16.4 Å². The van der Waals surface area contributed by atoms with Crippen LogP contribution in [0.1, 0.15) is 19.3 Å². The van der Waals surface area contributed by atoms with Gasteiger partial charge in [0, 0.05) is 6.04 Å². The van der Waals surface area contributed by atoms with Crippen LogP contribution < -0.4 is 10.9 Å². The first-order valence-electron chi connectivity index (χ1n) is 7.14. The van der Waals surface area contributed by atoms with Crippen LogP contribution in [0.5, 0.6) is 0 Å². The van der Waals surface area contributed by atoms with Gasteiger partial charge < -0.3 is 5.32 Å². The number of hydrogen-bond acceptors (Lipinski definition) is 3. The Bertz CT molecular complexity index is 749. The molecule has 108 valence electrons. The van der Waals surface area contributed by atoms with Crippen LogP contribution in [-0.4, -0.2) is 21.5 Å². The lowest BCUT2D eigenvalue weighted by Crippen LogP contribution is -2.38. The molecule has 0 saturated heterocycles. The number of allylic oxidation sites excluding steroid dienone is 1. The molecule has 3 rings (SSSR count). The molecular weight excluding hydrogens is 266 g/mol. The molecule has 1 aromatic heterocycles. The molecule has 1 aliphatic carbocycles. The van der Waals surface area contributed by atoms with Gasteiger partial charge >= 0.3 is 0 Å². The Kier molecular flexibility index (Phi) is 3.81. The summed E-state index contributed by atoms with van der Waals surface area (Å²) in [5, 5.41) is 3.46. The Hall–Kier alpha value is -2.43. The van der Waals surface area contributed by atoms with Gasteiger partial charge in [0.15, 0.2) is 0 Å². The minimum Gasteiger partial charge on any atom is -0.348 e. The van der Waals surface area contributed by atoms with Gasteiger partial charge in [-0.15, -0.1) is 0 Å². The molecular formula is C16H17N3O2. The Morgan fingerprint density at radius 2 is 2.24 bits per heavy atom. The molecule has 1 heterocycles. The van der Waals surface area contributed by atoms with Gasteiger partial charge in [-0.2, -0.15) is 0 Å². The molecule has 0 fully saturated rings. The van der Waals surface area contributed by atoms with E-state index in [-0.39, 0.29) is 24.1 Å². The summed E-state index contributed by atoms with van der Waals surface area (Å²) < 4.78 is 1.35. The van der Waals surface area contributed by atoms with Crippen LogP contribution in [-0.2, 0) is 11.3 Å². The van der Waals surface area contributed by atoms with Gasteiger partial charge in [0.05, 0.1) is 17.2 Å². The van der Waals surface area contributed by atoms with Crippen LogP contribution in [0, 0.1) is 0 Å². The van der Waals surface area contributed by atoms with E-state index >= 15 is 0 Å². The lowest BCUT2D eigenvalue weighted by molar-refractivity contribution is -0.122. The number of fused-ring (bicyclic) bond motifs is 1. The molecule has 1 aromatic carbocycles. The molecule has 1 amide bonds. The SMILES string of the molecule is O=C(Cn1cnc2ccccc2c1=O)NC1C=CCCC1. The first-order valence-corrected chi connectivity index (χ1v) is 7.14. The molecule has 1 atom stereocenters. The Morgan fingerprint density at radius 1 is 1.38 bits per heavy atom. The second-order valence-corrected chi connectivity index (χ2v) is 5.23. The van der Waals surface area contributed by atoms with E-state index in [1.807, 2.05) is 12.1 Å². The number of nitrogens with one attached hydrogen (secondary N) is 1. The normalized spacial score (nSPS) is 17.8. The highest BCUT2D eigenvalue weighted by molar-refractivity contribution is 5.79. The summed E-state index contributed by atoms with van der Waals surface area (Å²) in [6, 6.07) is 7.22. The first-order chi connectivity index (χ1) is 10.2. The molecule has 0 saturated carbocycles. The van der Waals surface area contributed by atoms with Crippen molar-refractivity contribution in [3.8, 4) is 0 Å². The summed E-state index contributed by atoms with van der Waals surface area (Å²) in [6.45, 7) is 0.001000. The van der Waals surface area contributed by atoms with Crippen molar-refractivity contribution in [1.82, 2.24) is 14.9 Å². The number of carbonyl (C=O) groups is 1. The standard InChI is InChI=1S/C16H17N3O2/c20-15(18-12-6-2-1-3-7-12)10-19-11-17-14-9-5-4-8-13(14)16(19)21/h2,4-6,8-9,11-12H,1,3,7,10H2,(H,18,20). The van der Waals surface area contributed by atoms with Gasteiger partial charge in [0.2, 0.25) is 5.91 Å². The predicted octanol–water partition coefficient (Wildman–Crippen LogP) is 1.62. The summed E-state index contributed by atoms with van der Waals surface area (Å²) in [4.78, 5) is 28.5. The van der Waals surface area contributed by atoms with Gasteiger partial charge in [0.1, 0.15) is 6.54 Å². The second kappa shape index (κ2) is 5.91.